The highest BCUT2D eigenvalue weighted by atomic mass is 32.1. The van der Waals surface area contributed by atoms with Crippen molar-refractivity contribution in [1.82, 2.24) is 4.57 Å². The van der Waals surface area contributed by atoms with Gasteiger partial charge in [-0.25, -0.2) is 9.79 Å². The molecule has 0 saturated heterocycles. The number of phenolic OH excluding ortho intramolecular Hbond substituents is 1. The van der Waals surface area contributed by atoms with Crippen LogP contribution in [-0.4, -0.2) is 43.0 Å². The molecule has 0 bridgehead atoms. The van der Waals surface area contributed by atoms with Gasteiger partial charge in [0.15, 0.2) is 16.3 Å². The van der Waals surface area contributed by atoms with Crippen molar-refractivity contribution in [1.29, 1.82) is 0 Å². The molecule has 204 valence electrons. The van der Waals surface area contributed by atoms with Gasteiger partial charge < -0.3 is 19.5 Å². The van der Waals surface area contributed by atoms with Crippen molar-refractivity contribution in [2.45, 2.75) is 33.2 Å². The second-order valence-corrected chi connectivity index (χ2v) is 10.2. The first-order chi connectivity index (χ1) is 18.7. The van der Waals surface area contributed by atoms with Crippen molar-refractivity contribution >= 4 is 29.1 Å². The summed E-state index contributed by atoms with van der Waals surface area (Å²) in [5, 5.41) is 10.6. The molecule has 1 aliphatic rings. The van der Waals surface area contributed by atoms with Crippen molar-refractivity contribution < 1.29 is 19.4 Å². The first-order valence-electron chi connectivity index (χ1n) is 12.8. The zero-order valence-corrected chi connectivity index (χ0v) is 23.7. The summed E-state index contributed by atoms with van der Waals surface area (Å²) in [6.45, 7) is 9.71. The standard InChI is InChI=1S/C30H33N3O5S/c1-7-10-21-15-19(16-23(27(21)34)37-8-2)17-24-28(35)33-26(20-11-13-22(14-12-20)32(5)6)25(29(36)38-9-3)18(4)31-30(33)39-24/h7,11-17,26,34H,1,8-10H2,2-6H3/b24-17+/t26-/m0/s1. The van der Waals surface area contributed by atoms with Gasteiger partial charge in [0.25, 0.3) is 5.56 Å². The number of thiazole rings is 1. The third kappa shape index (κ3) is 5.54. The van der Waals surface area contributed by atoms with Gasteiger partial charge in [0.05, 0.1) is 35.1 Å². The van der Waals surface area contributed by atoms with Crippen LogP contribution in [-0.2, 0) is 16.0 Å². The van der Waals surface area contributed by atoms with Crippen LogP contribution in [0.1, 0.15) is 43.5 Å². The Hall–Kier alpha value is -4.11. The molecule has 8 nitrogen and oxygen atoms in total. The molecule has 1 N–H and O–H groups in total. The predicted octanol–water partition coefficient (Wildman–Crippen LogP) is 3.70. The van der Waals surface area contributed by atoms with Gasteiger partial charge in [-0.15, -0.1) is 6.58 Å². The number of carbonyl (C=O) groups is 1. The van der Waals surface area contributed by atoms with Crippen LogP contribution in [0.2, 0.25) is 0 Å². The van der Waals surface area contributed by atoms with E-state index in [1.807, 2.05) is 56.3 Å². The lowest BCUT2D eigenvalue weighted by Gasteiger charge is -2.25. The number of phenols is 1. The Bertz CT molecular complexity index is 1610. The lowest BCUT2D eigenvalue weighted by atomic mass is 9.95. The van der Waals surface area contributed by atoms with Crippen LogP contribution >= 0.6 is 11.3 Å². The second-order valence-electron chi connectivity index (χ2n) is 9.24. The van der Waals surface area contributed by atoms with E-state index in [1.54, 1.807) is 36.6 Å². The molecule has 0 radical (unpaired) electrons. The minimum absolute atomic E-state index is 0.0613. The summed E-state index contributed by atoms with van der Waals surface area (Å²) in [6, 6.07) is 10.6. The average Bonchev–Trinajstić information content (AvgIpc) is 3.20. The molecular weight excluding hydrogens is 514 g/mol. The maximum absolute atomic E-state index is 13.9. The molecule has 0 saturated carbocycles. The molecule has 39 heavy (non-hydrogen) atoms. The van der Waals surface area contributed by atoms with Crippen LogP contribution in [0, 0.1) is 0 Å². The SMILES string of the molecule is C=CCc1cc(/C=c2/sc3n(c2=O)[C@@H](c2ccc(N(C)C)cc2)C(C(=O)OCC)=C(C)N=3)cc(OCC)c1O. The quantitative estimate of drug-likeness (QED) is 0.324. The smallest absolute Gasteiger partial charge is 0.338 e. The fourth-order valence-corrected chi connectivity index (χ4v) is 5.61. The molecule has 9 heteroatoms. The zero-order valence-electron chi connectivity index (χ0n) is 22.9. The Kier molecular flexibility index (Phi) is 8.40. The summed E-state index contributed by atoms with van der Waals surface area (Å²) in [5.41, 5.74) is 3.70. The van der Waals surface area contributed by atoms with Crippen LogP contribution < -0.4 is 24.5 Å². The van der Waals surface area contributed by atoms with Crippen molar-refractivity contribution in [2.24, 2.45) is 4.99 Å². The molecule has 0 unspecified atom stereocenters. The van der Waals surface area contributed by atoms with E-state index in [0.29, 0.717) is 50.5 Å². The predicted molar refractivity (Wildman–Crippen MR) is 154 cm³/mol. The number of rotatable bonds is 9. The third-order valence-electron chi connectivity index (χ3n) is 6.38. The highest BCUT2D eigenvalue weighted by Crippen LogP contribution is 2.33. The second kappa shape index (κ2) is 11.7. The molecule has 1 atom stereocenters. The number of fused-ring (bicyclic) bond motifs is 1. The number of benzene rings is 2. The Morgan fingerprint density at radius 2 is 1.92 bits per heavy atom. The maximum Gasteiger partial charge on any atom is 0.338 e. The van der Waals surface area contributed by atoms with E-state index in [4.69, 9.17) is 9.47 Å². The molecule has 1 aromatic heterocycles. The number of allylic oxidation sites excluding steroid dienone is 2. The molecule has 0 aliphatic carbocycles. The fraction of sp³-hybridized carbons (Fsp3) is 0.300. The minimum Gasteiger partial charge on any atom is -0.504 e. The van der Waals surface area contributed by atoms with E-state index in [2.05, 4.69) is 11.6 Å². The van der Waals surface area contributed by atoms with Crippen LogP contribution in [0.3, 0.4) is 0 Å². The number of ether oxygens (including phenoxy) is 2. The summed E-state index contributed by atoms with van der Waals surface area (Å²) in [7, 11) is 3.90. The topological polar surface area (TPSA) is 93.4 Å². The lowest BCUT2D eigenvalue weighted by molar-refractivity contribution is -0.139. The highest BCUT2D eigenvalue weighted by molar-refractivity contribution is 7.07. The van der Waals surface area contributed by atoms with Crippen molar-refractivity contribution in [2.75, 3.05) is 32.2 Å². The first-order valence-corrected chi connectivity index (χ1v) is 13.6. The summed E-state index contributed by atoms with van der Waals surface area (Å²) < 4.78 is 13.0. The first kappa shape index (κ1) is 27.9. The molecule has 1 aliphatic heterocycles. The van der Waals surface area contributed by atoms with Gasteiger partial charge in [-0.1, -0.05) is 29.5 Å². The van der Waals surface area contributed by atoms with Crippen molar-refractivity contribution in [3.05, 3.63) is 96.7 Å². The van der Waals surface area contributed by atoms with Crippen LogP contribution in [0.5, 0.6) is 11.5 Å². The van der Waals surface area contributed by atoms with E-state index in [1.165, 1.54) is 11.3 Å². The number of hydrogen-bond acceptors (Lipinski definition) is 8. The van der Waals surface area contributed by atoms with E-state index in [0.717, 1.165) is 11.3 Å². The van der Waals surface area contributed by atoms with E-state index in [9.17, 15) is 14.7 Å². The molecule has 2 aromatic carbocycles. The normalized spacial score (nSPS) is 15.0. The fourth-order valence-electron chi connectivity index (χ4n) is 4.56. The molecule has 2 heterocycles. The lowest BCUT2D eigenvalue weighted by Crippen LogP contribution is -2.39. The Balaban J connectivity index is 1.93. The number of anilines is 1. The number of carbonyl (C=O) groups excluding carboxylic acids is 1. The van der Waals surface area contributed by atoms with Gasteiger partial charge >= 0.3 is 5.97 Å². The summed E-state index contributed by atoms with van der Waals surface area (Å²) in [4.78, 5) is 34.1. The Morgan fingerprint density at radius 3 is 2.54 bits per heavy atom. The number of nitrogens with zero attached hydrogens (tertiary/aromatic N) is 3. The van der Waals surface area contributed by atoms with Gasteiger partial charge in [0.1, 0.15) is 0 Å². The van der Waals surface area contributed by atoms with Crippen molar-refractivity contribution in [3.8, 4) is 11.5 Å². The van der Waals surface area contributed by atoms with Gasteiger partial charge in [0, 0.05) is 25.3 Å². The molecule has 0 fully saturated rings. The third-order valence-corrected chi connectivity index (χ3v) is 7.36. The number of hydrogen-bond donors (Lipinski definition) is 1. The molecular formula is C30H33N3O5S. The summed E-state index contributed by atoms with van der Waals surface area (Å²) in [6.07, 6.45) is 3.90. The van der Waals surface area contributed by atoms with Crippen LogP contribution in [0.25, 0.3) is 6.08 Å². The highest BCUT2D eigenvalue weighted by Gasteiger charge is 2.33. The van der Waals surface area contributed by atoms with E-state index < -0.39 is 12.0 Å². The monoisotopic (exact) mass is 547 g/mol. The number of esters is 1. The minimum atomic E-state index is -0.686. The number of aromatic hydroxyl groups is 1. The van der Waals surface area contributed by atoms with Gasteiger partial charge in [-0.3, -0.25) is 9.36 Å². The summed E-state index contributed by atoms with van der Waals surface area (Å²) >= 11 is 1.25. The molecule has 4 rings (SSSR count). The molecule has 3 aromatic rings. The largest absolute Gasteiger partial charge is 0.504 e. The Labute approximate surface area is 231 Å². The van der Waals surface area contributed by atoms with Gasteiger partial charge in [-0.2, -0.15) is 0 Å². The van der Waals surface area contributed by atoms with E-state index >= 15 is 0 Å². The zero-order chi connectivity index (χ0) is 28.3. The van der Waals surface area contributed by atoms with Gasteiger partial charge in [0.2, 0.25) is 0 Å². The van der Waals surface area contributed by atoms with Crippen molar-refractivity contribution in [3.63, 3.8) is 0 Å². The Morgan fingerprint density at radius 1 is 1.21 bits per heavy atom. The van der Waals surface area contributed by atoms with Gasteiger partial charge in [-0.05, 0) is 68.7 Å². The molecule has 0 spiro atoms. The molecule has 0 amide bonds. The summed E-state index contributed by atoms with van der Waals surface area (Å²) in [5.74, 6) is -0.0925. The van der Waals surface area contributed by atoms with E-state index in [-0.39, 0.29) is 17.9 Å². The van der Waals surface area contributed by atoms with Crippen LogP contribution in [0.4, 0.5) is 5.69 Å². The average molecular weight is 548 g/mol. The van der Waals surface area contributed by atoms with Crippen LogP contribution in [0.15, 0.2) is 70.1 Å². The maximum atomic E-state index is 13.9. The number of aromatic nitrogens is 1.